The van der Waals surface area contributed by atoms with Crippen LogP contribution < -0.4 is 15.8 Å². The number of rotatable bonds is 6. The lowest BCUT2D eigenvalue weighted by Gasteiger charge is -2.34. The molecule has 2 aromatic rings. The zero-order valence-electron chi connectivity index (χ0n) is 14.4. The van der Waals surface area contributed by atoms with Crippen LogP contribution in [0.25, 0.3) is 0 Å². The molecule has 2 heterocycles. The number of pyridine rings is 1. The zero-order valence-corrected chi connectivity index (χ0v) is 14.4. The van der Waals surface area contributed by atoms with E-state index < -0.39 is 11.2 Å². The monoisotopic (exact) mass is 359 g/mol. The number of benzene rings is 1. The van der Waals surface area contributed by atoms with Crippen LogP contribution in [-0.2, 0) is 16.1 Å². The van der Waals surface area contributed by atoms with Crippen LogP contribution in [0, 0.1) is 11.2 Å². The molecule has 1 aliphatic heterocycles. The molecule has 138 valence electrons. The summed E-state index contributed by atoms with van der Waals surface area (Å²) in [4.78, 5) is 16.9. The first kappa shape index (κ1) is 18.3. The van der Waals surface area contributed by atoms with Crippen LogP contribution in [0.5, 0.6) is 11.6 Å². The predicted molar refractivity (Wildman–Crippen MR) is 94.1 cm³/mol. The van der Waals surface area contributed by atoms with Crippen LogP contribution in [-0.4, -0.2) is 30.6 Å². The Morgan fingerprint density at radius 2 is 2.12 bits per heavy atom. The van der Waals surface area contributed by atoms with Gasteiger partial charge in [-0.25, -0.2) is 9.37 Å². The van der Waals surface area contributed by atoms with Gasteiger partial charge in [-0.05, 0) is 31.0 Å². The van der Waals surface area contributed by atoms with Crippen molar-refractivity contribution in [3.8, 4) is 11.6 Å². The third kappa shape index (κ3) is 4.17. The van der Waals surface area contributed by atoms with Crippen molar-refractivity contribution >= 4 is 5.91 Å². The van der Waals surface area contributed by atoms with E-state index in [1.54, 1.807) is 30.5 Å². The number of nitrogens with two attached hydrogens (primary N) is 1. The highest BCUT2D eigenvalue weighted by atomic mass is 19.1. The highest BCUT2D eigenvalue weighted by molar-refractivity contribution is 5.83. The minimum atomic E-state index is -0.593. The van der Waals surface area contributed by atoms with Crippen molar-refractivity contribution in [1.82, 2.24) is 10.3 Å². The molecule has 0 aliphatic carbocycles. The smallest absolute Gasteiger partial charge is 0.227 e. The van der Waals surface area contributed by atoms with E-state index in [1.807, 2.05) is 0 Å². The summed E-state index contributed by atoms with van der Waals surface area (Å²) in [7, 11) is 0. The van der Waals surface area contributed by atoms with Crippen molar-refractivity contribution in [1.29, 1.82) is 0 Å². The van der Waals surface area contributed by atoms with Gasteiger partial charge in [-0.3, -0.25) is 4.79 Å². The summed E-state index contributed by atoms with van der Waals surface area (Å²) in [6.07, 6.45) is 2.80. The molecule has 7 heteroatoms. The van der Waals surface area contributed by atoms with E-state index in [9.17, 15) is 9.18 Å². The van der Waals surface area contributed by atoms with Crippen molar-refractivity contribution in [2.75, 3.05) is 19.8 Å². The van der Waals surface area contributed by atoms with Crippen LogP contribution in [0.1, 0.15) is 18.4 Å². The second-order valence-corrected chi connectivity index (χ2v) is 6.31. The van der Waals surface area contributed by atoms with Crippen molar-refractivity contribution in [2.45, 2.75) is 19.4 Å². The Hall–Kier alpha value is -2.51. The first-order valence-electron chi connectivity index (χ1n) is 8.56. The van der Waals surface area contributed by atoms with Gasteiger partial charge in [-0.15, -0.1) is 0 Å². The molecule has 0 saturated carbocycles. The lowest BCUT2D eigenvalue weighted by molar-refractivity contribution is -0.136. The Labute approximate surface area is 151 Å². The number of ether oxygens (including phenoxy) is 2. The Balaban J connectivity index is 1.69. The van der Waals surface area contributed by atoms with Gasteiger partial charge in [-0.1, -0.05) is 12.1 Å². The SMILES string of the molecule is NCC1(C(=O)NCc2cccnc2Oc2cccc(F)c2)CCOCC1. The molecule has 0 spiro atoms. The van der Waals surface area contributed by atoms with Gasteiger partial charge in [0.2, 0.25) is 11.8 Å². The van der Waals surface area contributed by atoms with Crippen molar-refractivity contribution in [3.05, 3.63) is 54.0 Å². The highest BCUT2D eigenvalue weighted by Gasteiger charge is 2.38. The maximum Gasteiger partial charge on any atom is 0.227 e. The predicted octanol–water partition coefficient (Wildman–Crippen LogP) is 2.38. The average molecular weight is 359 g/mol. The standard InChI is InChI=1S/C19H22FN3O3/c20-15-4-1-5-16(11-15)26-17-14(3-2-8-22-17)12-23-18(24)19(13-21)6-9-25-10-7-19/h1-5,8,11H,6-7,9-10,12-13,21H2,(H,23,24). The van der Waals surface area contributed by atoms with Crippen LogP contribution in [0.15, 0.2) is 42.6 Å². The van der Waals surface area contributed by atoms with Crippen LogP contribution in [0.4, 0.5) is 4.39 Å². The molecule has 3 rings (SSSR count). The molecule has 1 amide bonds. The Morgan fingerprint density at radius 1 is 1.31 bits per heavy atom. The Bertz CT molecular complexity index is 763. The number of halogens is 1. The number of aromatic nitrogens is 1. The van der Waals surface area contributed by atoms with Gasteiger partial charge in [0.05, 0.1) is 5.41 Å². The second kappa shape index (κ2) is 8.25. The zero-order chi connectivity index (χ0) is 18.4. The topological polar surface area (TPSA) is 86.5 Å². The summed E-state index contributed by atoms with van der Waals surface area (Å²) >= 11 is 0. The molecule has 0 bridgehead atoms. The molecular weight excluding hydrogens is 337 g/mol. The Kier molecular flexibility index (Phi) is 5.80. The van der Waals surface area contributed by atoms with E-state index in [-0.39, 0.29) is 19.0 Å². The summed E-state index contributed by atoms with van der Waals surface area (Å²) in [5.74, 6) is 0.188. The molecule has 1 fully saturated rings. The summed E-state index contributed by atoms with van der Waals surface area (Å²) in [5.41, 5.74) is 5.97. The largest absolute Gasteiger partial charge is 0.439 e. The van der Waals surface area contributed by atoms with Crippen LogP contribution in [0.2, 0.25) is 0 Å². The number of hydrogen-bond acceptors (Lipinski definition) is 5. The summed E-state index contributed by atoms with van der Waals surface area (Å²) in [6.45, 7) is 1.60. The van der Waals surface area contributed by atoms with E-state index in [0.717, 1.165) is 0 Å². The minimum Gasteiger partial charge on any atom is -0.439 e. The fourth-order valence-corrected chi connectivity index (χ4v) is 2.94. The first-order chi connectivity index (χ1) is 12.6. The normalized spacial score (nSPS) is 16.1. The number of hydrogen-bond donors (Lipinski definition) is 2. The average Bonchev–Trinajstić information content (AvgIpc) is 2.67. The molecule has 26 heavy (non-hydrogen) atoms. The van der Waals surface area contributed by atoms with E-state index in [0.29, 0.717) is 43.2 Å². The van der Waals surface area contributed by atoms with Gasteiger partial charge in [0.1, 0.15) is 11.6 Å². The molecule has 1 aliphatic rings. The second-order valence-electron chi connectivity index (χ2n) is 6.31. The number of nitrogens with one attached hydrogen (secondary N) is 1. The number of nitrogens with zero attached hydrogens (tertiary/aromatic N) is 1. The lowest BCUT2D eigenvalue weighted by atomic mass is 9.79. The fraction of sp³-hybridized carbons (Fsp3) is 0.368. The summed E-state index contributed by atoms with van der Waals surface area (Å²) in [5, 5.41) is 2.93. The number of carbonyl (C=O) groups is 1. The molecule has 0 unspecified atom stereocenters. The molecule has 1 aromatic carbocycles. The number of carbonyl (C=O) groups excluding carboxylic acids is 1. The molecule has 1 saturated heterocycles. The van der Waals surface area contributed by atoms with Crippen molar-refractivity contribution in [3.63, 3.8) is 0 Å². The van der Waals surface area contributed by atoms with Crippen LogP contribution in [0.3, 0.4) is 0 Å². The quantitative estimate of drug-likeness (QED) is 0.827. The lowest BCUT2D eigenvalue weighted by Crippen LogP contribution is -2.49. The minimum absolute atomic E-state index is 0.0936. The van der Waals surface area contributed by atoms with Gasteiger partial charge < -0.3 is 20.5 Å². The maximum absolute atomic E-state index is 13.3. The van der Waals surface area contributed by atoms with E-state index >= 15 is 0 Å². The molecule has 1 aromatic heterocycles. The highest BCUT2D eigenvalue weighted by Crippen LogP contribution is 2.30. The van der Waals surface area contributed by atoms with Gasteiger partial charge in [0.25, 0.3) is 0 Å². The molecule has 3 N–H and O–H groups in total. The number of amides is 1. The van der Waals surface area contributed by atoms with Crippen LogP contribution >= 0.6 is 0 Å². The van der Waals surface area contributed by atoms with E-state index in [1.165, 1.54) is 12.1 Å². The molecular formula is C19H22FN3O3. The maximum atomic E-state index is 13.3. The van der Waals surface area contributed by atoms with Gasteiger partial charge >= 0.3 is 0 Å². The molecule has 6 nitrogen and oxygen atoms in total. The van der Waals surface area contributed by atoms with Gasteiger partial charge in [-0.2, -0.15) is 0 Å². The third-order valence-electron chi connectivity index (χ3n) is 4.62. The molecule has 0 atom stereocenters. The van der Waals surface area contributed by atoms with Gasteiger partial charge in [0.15, 0.2) is 0 Å². The van der Waals surface area contributed by atoms with Crippen molar-refractivity contribution < 1.29 is 18.7 Å². The first-order valence-corrected chi connectivity index (χ1v) is 8.56. The van der Waals surface area contributed by atoms with Crippen molar-refractivity contribution in [2.24, 2.45) is 11.1 Å². The van der Waals surface area contributed by atoms with E-state index in [2.05, 4.69) is 10.3 Å². The summed E-state index contributed by atoms with van der Waals surface area (Å²) < 4.78 is 24.3. The fourth-order valence-electron chi connectivity index (χ4n) is 2.94. The molecule has 0 radical (unpaired) electrons. The Morgan fingerprint density at radius 3 is 2.85 bits per heavy atom. The third-order valence-corrected chi connectivity index (χ3v) is 4.62. The van der Waals surface area contributed by atoms with E-state index in [4.69, 9.17) is 15.2 Å². The summed E-state index contributed by atoms with van der Waals surface area (Å²) in [6, 6.07) is 9.39. The van der Waals surface area contributed by atoms with Gasteiger partial charge in [0, 0.05) is 44.1 Å².